The molecule has 0 aliphatic rings. The minimum Gasteiger partial charge on any atom is -0.439 e. The summed E-state index contributed by atoms with van der Waals surface area (Å²) < 4.78 is 0. The molecule has 0 N–H and O–H groups in total. The molecule has 0 aliphatic carbocycles. The third-order valence-corrected chi connectivity index (χ3v) is 9.12. The van der Waals surface area contributed by atoms with Crippen LogP contribution in [-0.2, 0) is 42.1 Å². The number of fused-ring (bicyclic) bond motifs is 6. The van der Waals surface area contributed by atoms with E-state index in [-0.39, 0.29) is 42.1 Å². The zero-order chi connectivity index (χ0) is 38.7. The summed E-state index contributed by atoms with van der Waals surface area (Å²) in [5.74, 6) is 0.897. The fourth-order valence-corrected chi connectivity index (χ4v) is 6.14. The van der Waals surface area contributed by atoms with Gasteiger partial charge in [0, 0.05) is 12.4 Å². The van der Waals surface area contributed by atoms with Gasteiger partial charge >= 0.3 is 42.1 Å². The van der Waals surface area contributed by atoms with Crippen molar-refractivity contribution < 1.29 is 42.1 Å². The van der Waals surface area contributed by atoms with Gasteiger partial charge in [0.15, 0.2) is 0 Å². The van der Waals surface area contributed by atoms with E-state index in [0.717, 1.165) is 67.0 Å². The molecule has 0 saturated carbocycles. The molecule has 0 atom stereocenters. The van der Waals surface area contributed by atoms with Gasteiger partial charge in [-0.1, -0.05) is 147 Å². The van der Waals surface area contributed by atoms with Crippen molar-refractivity contribution in [1.29, 1.82) is 0 Å². The van der Waals surface area contributed by atoms with E-state index in [1.54, 1.807) is 12.4 Å². The van der Waals surface area contributed by atoms with Crippen molar-refractivity contribution in [2.75, 3.05) is 0 Å². The number of hydrogen-bond acceptors (Lipinski definition) is 4. The Labute approximate surface area is 369 Å². The van der Waals surface area contributed by atoms with Crippen LogP contribution in [0, 0.1) is 12.1 Å². The molecule has 0 aliphatic heterocycles. The second-order valence-electron chi connectivity index (χ2n) is 13.8. The van der Waals surface area contributed by atoms with E-state index in [4.69, 9.17) is 0 Å². The number of rotatable bonds is 4. The van der Waals surface area contributed by atoms with Crippen LogP contribution in [-0.4, -0.2) is 19.9 Å². The Balaban J connectivity index is 0.000000147. The standard InChI is InChI=1S/2C14H13N2.2C11H8N.2Pt/c2*1-9(2)12-8-7-11-10-5-3-4-6-13(10)16-14(11)15-12;2*1-2-6-10(7-3-1)11-8-4-5-9-12-11;;/h2*3-9H,1-2H3;2*1-6,8-9H;;/q4*-1;2*+2. The second-order valence-corrected chi connectivity index (χ2v) is 13.8. The van der Waals surface area contributed by atoms with Crippen LogP contribution in [0.4, 0.5) is 0 Å². The van der Waals surface area contributed by atoms with Crippen molar-refractivity contribution >= 4 is 43.9 Å². The van der Waals surface area contributed by atoms with Gasteiger partial charge in [0.1, 0.15) is 0 Å². The average molecular weight is 1120 g/mol. The summed E-state index contributed by atoms with van der Waals surface area (Å²) >= 11 is 0. The smallest absolute Gasteiger partial charge is 0.439 e. The van der Waals surface area contributed by atoms with E-state index in [0.29, 0.717) is 11.8 Å². The molecule has 0 fully saturated rings. The molecule has 6 aromatic heterocycles. The fourth-order valence-electron chi connectivity index (χ4n) is 6.14. The van der Waals surface area contributed by atoms with Crippen molar-refractivity contribution in [2.24, 2.45) is 0 Å². The fraction of sp³-hybridized carbons (Fsp3) is 0.120. The molecule has 0 saturated heterocycles. The summed E-state index contributed by atoms with van der Waals surface area (Å²) in [5, 5.41) is 4.70. The molecule has 0 radical (unpaired) electrons. The van der Waals surface area contributed by atoms with Crippen molar-refractivity contribution in [1.82, 2.24) is 29.9 Å². The largest absolute Gasteiger partial charge is 2.00 e. The van der Waals surface area contributed by atoms with Crippen molar-refractivity contribution in [3.63, 3.8) is 0 Å². The third-order valence-electron chi connectivity index (χ3n) is 9.12. The topological polar surface area (TPSA) is 79.8 Å². The molecule has 58 heavy (non-hydrogen) atoms. The summed E-state index contributed by atoms with van der Waals surface area (Å²) in [5.41, 5.74) is 10.0. The van der Waals surface area contributed by atoms with E-state index in [9.17, 15) is 0 Å². The summed E-state index contributed by atoms with van der Waals surface area (Å²) in [7, 11) is 0. The van der Waals surface area contributed by atoms with E-state index in [2.05, 4.69) is 106 Å². The van der Waals surface area contributed by atoms with Crippen LogP contribution in [0.1, 0.15) is 50.9 Å². The van der Waals surface area contributed by atoms with Crippen molar-refractivity contribution in [3.05, 3.63) is 194 Å². The van der Waals surface area contributed by atoms with Gasteiger partial charge in [-0.25, -0.2) is 0 Å². The van der Waals surface area contributed by atoms with E-state index in [1.807, 2.05) is 121 Å². The average Bonchev–Trinajstić information content (AvgIpc) is 3.83. The van der Waals surface area contributed by atoms with Crippen LogP contribution in [0.5, 0.6) is 0 Å². The maximum absolute atomic E-state index is 4.60. The first kappa shape index (κ1) is 43.6. The zero-order valence-corrected chi connectivity index (χ0v) is 37.2. The Hall–Kier alpha value is -5.54. The number of benzene rings is 4. The minimum absolute atomic E-state index is 0. The van der Waals surface area contributed by atoms with Gasteiger partial charge in [0.2, 0.25) is 0 Å². The third kappa shape index (κ3) is 10.9. The summed E-state index contributed by atoms with van der Waals surface area (Å²) in [6.45, 7) is 8.60. The normalized spacial score (nSPS) is 10.4. The molecule has 0 amide bonds. The number of hydrogen-bond donors (Lipinski definition) is 0. The van der Waals surface area contributed by atoms with E-state index >= 15 is 0 Å². The van der Waals surface area contributed by atoms with E-state index < -0.39 is 0 Å². The van der Waals surface area contributed by atoms with Gasteiger partial charge in [0.25, 0.3) is 0 Å². The van der Waals surface area contributed by atoms with Gasteiger partial charge in [-0.15, -0.1) is 71.8 Å². The van der Waals surface area contributed by atoms with Gasteiger partial charge in [-0.05, 0) is 67.9 Å². The Morgan fingerprint density at radius 2 is 0.810 bits per heavy atom. The van der Waals surface area contributed by atoms with Gasteiger partial charge in [-0.3, -0.25) is 0 Å². The summed E-state index contributed by atoms with van der Waals surface area (Å²) in [4.78, 5) is 26.7. The Morgan fingerprint density at radius 1 is 0.414 bits per heavy atom. The first-order chi connectivity index (χ1) is 27.4. The minimum atomic E-state index is 0. The van der Waals surface area contributed by atoms with Gasteiger partial charge in [-0.2, -0.15) is 0 Å². The Morgan fingerprint density at radius 3 is 1.17 bits per heavy atom. The summed E-state index contributed by atoms with van der Waals surface area (Å²) in [6, 6.07) is 58.5. The van der Waals surface area contributed by atoms with Crippen LogP contribution in [0.15, 0.2) is 170 Å². The number of aromatic nitrogens is 6. The number of nitrogens with zero attached hydrogens (tertiary/aromatic N) is 6. The second kappa shape index (κ2) is 21.3. The Bertz CT molecular complexity index is 2480. The molecule has 292 valence electrons. The molecular weight excluding hydrogens is 1070 g/mol. The monoisotopic (exact) mass is 1120 g/mol. The maximum atomic E-state index is 4.60. The molecule has 10 aromatic rings. The maximum Gasteiger partial charge on any atom is 2.00 e. The van der Waals surface area contributed by atoms with Crippen LogP contribution in [0.25, 0.3) is 66.4 Å². The number of pyridine rings is 4. The van der Waals surface area contributed by atoms with Crippen molar-refractivity contribution in [3.8, 4) is 22.5 Å². The van der Waals surface area contributed by atoms with Crippen LogP contribution in [0.3, 0.4) is 0 Å². The molecule has 4 aromatic carbocycles. The predicted molar refractivity (Wildman–Crippen MR) is 230 cm³/mol. The van der Waals surface area contributed by atoms with Crippen molar-refractivity contribution in [2.45, 2.75) is 39.5 Å². The van der Waals surface area contributed by atoms with Gasteiger partial charge < -0.3 is 29.9 Å². The van der Waals surface area contributed by atoms with E-state index in [1.165, 1.54) is 10.8 Å². The van der Waals surface area contributed by atoms with Crippen LogP contribution in [0.2, 0.25) is 0 Å². The molecule has 6 nitrogen and oxygen atoms in total. The first-order valence-electron chi connectivity index (χ1n) is 18.8. The molecule has 0 bridgehead atoms. The number of para-hydroxylation sites is 2. The zero-order valence-electron chi connectivity index (χ0n) is 32.6. The molecule has 6 heterocycles. The molecule has 0 unspecified atom stereocenters. The van der Waals surface area contributed by atoms with Crippen LogP contribution >= 0.6 is 0 Å². The molecular formula is C50H42N6Pt2. The first-order valence-corrected chi connectivity index (χ1v) is 18.8. The SMILES string of the molecule is CC(C)c1ccc2c(n1)[n-]c1ccccc12.CC(C)c1ccc2c(n1)[n-]c1ccccc12.[Pt+2].[Pt+2].[c-]1ccccc1-c1ccccn1.[c-]1ccccc1-c1ccccn1. The van der Waals surface area contributed by atoms with Crippen LogP contribution < -0.4 is 9.97 Å². The quantitative estimate of drug-likeness (QED) is 0.163. The molecule has 10 rings (SSSR count). The molecule has 8 heteroatoms. The predicted octanol–water partition coefficient (Wildman–Crippen LogP) is 12.0. The molecule has 0 spiro atoms. The van der Waals surface area contributed by atoms with Gasteiger partial charge in [0.05, 0.1) is 0 Å². The summed E-state index contributed by atoms with van der Waals surface area (Å²) in [6.07, 6.45) is 3.58. The Kier molecular flexibility index (Phi) is 16.0.